The number of benzene rings is 1. The molecule has 2 aliphatic rings. The van der Waals surface area contributed by atoms with Crippen LogP contribution in [0.1, 0.15) is 43.8 Å². The number of aliphatic hydroxyl groups excluding tert-OH is 1. The van der Waals surface area contributed by atoms with Crippen LogP contribution in [0.15, 0.2) is 24.3 Å². The van der Waals surface area contributed by atoms with Crippen LogP contribution in [0.2, 0.25) is 0 Å². The zero-order valence-corrected chi connectivity index (χ0v) is 13.9. The molecule has 1 heterocycles. The van der Waals surface area contributed by atoms with Crippen molar-refractivity contribution in [3.63, 3.8) is 0 Å². The lowest BCUT2D eigenvalue weighted by molar-refractivity contribution is 0.172. The van der Waals surface area contributed by atoms with E-state index in [9.17, 15) is 14.3 Å². The van der Waals surface area contributed by atoms with Crippen LogP contribution < -0.4 is 10.6 Å². The smallest absolute Gasteiger partial charge is 0.315 e. The Morgan fingerprint density at radius 2 is 1.96 bits per heavy atom. The molecule has 132 valence electrons. The first-order valence-corrected chi connectivity index (χ1v) is 8.84. The maximum absolute atomic E-state index is 12.9. The van der Waals surface area contributed by atoms with E-state index < -0.39 is 6.10 Å². The van der Waals surface area contributed by atoms with Gasteiger partial charge in [0.2, 0.25) is 0 Å². The van der Waals surface area contributed by atoms with Gasteiger partial charge in [0.15, 0.2) is 0 Å². The predicted molar refractivity (Wildman–Crippen MR) is 90.1 cm³/mol. The van der Waals surface area contributed by atoms with E-state index in [1.165, 1.54) is 49.9 Å². The highest BCUT2D eigenvalue weighted by Gasteiger charge is 2.30. The number of nitrogens with one attached hydrogen (secondary N) is 2. The Bertz CT molecular complexity index is 546. The Labute approximate surface area is 142 Å². The van der Waals surface area contributed by atoms with Gasteiger partial charge in [-0.15, -0.1) is 0 Å². The van der Waals surface area contributed by atoms with Crippen LogP contribution in [0.4, 0.5) is 9.18 Å². The lowest BCUT2D eigenvalue weighted by atomic mass is 10.1. The topological polar surface area (TPSA) is 64.6 Å². The summed E-state index contributed by atoms with van der Waals surface area (Å²) in [5, 5.41) is 15.7. The summed E-state index contributed by atoms with van der Waals surface area (Å²) >= 11 is 0. The summed E-state index contributed by atoms with van der Waals surface area (Å²) in [5.41, 5.74) is 0.588. The minimum Gasteiger partial charge on any atom is -0.387 e. The number of nitrogens with zero attached hydrogens (tertiary/aromatic N) is 1. The zero-order valence-electron chi connectivity index (χ0n) is 13.9. The van der Waals surface area contributed by atoms with Crippen LogP contribution in [0.3, 0.4) is 0 Å². The zero-order chi connectivity index (χ0) is 16.9. The number of carbonyl (C=O) groups is 1. The van der Waals surface area contributed by atoms with Crippen molar-refractivity contribution in [2.45, 2.75) is 50.3 Å². The third kappa shape index (κ3) is 4.45. The van der Waals surface area contributed by atoms with Crippen molar-refractivity contribution in [1.82, 2.24) is 15.5 Å². The number of aliphatic hydroxyl groups is 1. The first-order valence-electron chi connectivity index (χ1n) is 8.84. The molecule has 1 aromatic rings. The van der Waals surface area contributed by atoms with Gasteiger partial charge in [0.05, 0.1) is 6.10 Å². The fraction of sp³-hybridized carbons (Fsp3) is 0.611. The van der Waals surface area contributed by atoms with Crippen LogP contribution in [0.25, 0.3) is 0 Å². The van der Waals surface area contributed by atoms with Gasteiger partial charge in [-0.2, -0.15) is 0 Å². The van der Waals surface area contributed by atoms with Gasteiger partial charge in [0.25, 0.3) is 0 Å². The number of carbonyl (C=O) groups excluding carboxylic acids is 1. The molecule has 1 aromatic carbocycles. The third-order valence-electron chi connectivity index (χ3n) is 5.11. The summed E-state index contributed by atoms with van der Waals surface area (Å²) in [6.07, 6.45) is 5.34. The highest BCUT2D eigenvalue weighted by Crippen LogP contribution is 2.26. The number of amides is 2. The number of likely N-dealkylation sites (tertiary alicyclic amines) is 1. The molecule has 2 unspecified atom stereocenters. The summed E-state index contributed by atoms with van der Waals surface area (Å²) < 4.78 is 12.9. The summed E-state index contributed by atoms with van der Waals surface area (Å²) in [5.74, 6) is -0.343. The van der Waals surface area contributed by atoms with Gasteiger partial charge >= 0.3 is 6.03 Å². The molecule has 1 aliphatic carbocycles. The minimum atomic E-state index is -0.838. The lowest BCUT2D eigenvalue weighted by Gasteiger charge is -2.23. The number of halogens is 1. The first kappa shape index (κ1) is 17.2. The van der Waals surface area contributed by atoms with E-state index in [-0.39, 0.29) is 24.4 Å². The number of hydrogen-bond acceptors (Lipinski definition) is 3. The molecule has 6 heteroatoms. The molecule has 0 aromatic heterocycles. The Balaban J connectivity index is 1.39. The van der Waals surface area contributed by atoms with E-state index >= 15 is 0 Å². The summed E-state index contributed by atoms with van der Waals surface area (Å²) in [6, 6.07) is 6.26. The lowest BCUT2D eigenvalue weighted by Crippen LogP contribution is -2.45. The molecule has 0 spiro atoms. The van der Waals surface area contributed by atoms with E-state index in [4.69, 9.17) is 0 Å². The van der Waals surface area contributed by atoms with Gasteiger partial charge in [-0.25, -0.2) is 9.18 Å². The second kappa shape index (κ2) is 7.94. The summed E-state index contributed by atoms with van der Waals surface area (Å²) in [4.78, 5) is 14.5. The van der Waals surface area contributed by atoms with Crippen molar-refractivity contribution in [1.29, 1.82) is 0 Å². The average molecular weight is 335 g/mol. The Morgan fingerprint density at radius 3 is 2.67 bits per heavy atom. The van der Waals surface area contributed by atoms with Crippen molar-refractivity contribution in [2.75, 3.05) is 19.6 Å². The molecular weight excluding hydrogens is 309 g/mol. The van der Waals surface area contributed by atoms with Crippen LogP contribution in [-0.4, -0.2) is 47.8 Å². The number of urea groups is 1. The highest BCUT2D eigenvalue weighted by atomic mass is 19.1. The van der Waals surface area contributed by atoms with Gasteiger partial charge in [0, 0.05) is 31.7 Å². The quantitative estimate of drug-likeness (QED) is 0.773. The molecule has 1 saturated carbocycles. The highest BCUT2D eigenvalue weighted by molar-refractivity contribution is 5.74. The Morgan fingerprint density at radius 1 is 1.25 bits per heavy atom. The summed E-state index contributed by atoms with van der Waals surface area (Å²) in [6.45, 7) is 2.07. The molecule has 2 fully saturated rings. The van der Waals surface area contributed by atoms with Gasteiger partial charge < -0.3 is 15.7 Å². The third-order valence-corrected chi connectivity index (χ3v) is 5.11. The molecule has 3 N–H and O–H groups in total. The van der Waals surface area contributed by atoms with Crippen LogP contribution in [0, 0.1) is 5.82 Å². The normalized spacial score (nSPS) is 23.3. The Hall–Kier alpha value is -1.66. The largest absolute Gasteiger partial charge is 0.387 e. The van der Waals surface area contributed by atoms with Crippen LogP contribution in [-0.2, 0) is 0 Å². The van der Waals surface area contributed by atoms with Crippen molar-refractivity contribution in [3.8, 4) is 0 Å². The van der Waals surface area contributed by atoms with Crippen LogP contribution >= 0.6 is 0 Å². The molecule has 5 nitrogen and oxygen atoms in total. The monoisotopic (exact) mass is 335 g/mol. The molecule has 2 atom stereocenters. The summed E-state index contributed by atoms with van der Waals surface area (Å²) in [7, 11) is 0. The fourth-order valence-electron chi connectivity index (χ4n) is 3.73. The second-order valence-electron chi connectivity index (χ2n) is 6.84. The standard InChI is InChI=1S/C18H26FN3O2/c19-14-7-5-13(6-8-14)17(23)11-20-18(24)21-15-9-10-22(12-15)16-3-1-2-4-16/h5-8,15-17,23H,1-4,9-12H2,(H2,20,21,24). The molecule has 0 bridgehead atoms. The van der Waals surface area contributed by atoms with Gasteiger partial charge in [-0.3, -0.25) is 4.90 Å². The molecule has 24 heavy (non-hydrogen) atoms. The molecule has 1 saturated heterocycles. The number of hydrogen-bond donors (Lipinski definition) is 3. The van der Waals surface area contributed by atoms with Crippen molar-refractivity contribution >= 4 is 6.03 Å². The predicted octanol–water partition coefficient (Wildman–Crippen LogP) is 2.18. The van der Waals surface area contributed by atoms with E-state index in [1.54, 1.807) is 0 Å². The fourth-order valence-corrected chi connectivity index (χ4v) is 3.73. The molecule has 3 rings (SSSR count). The average Bonchev–Trinajstić information content (AvgIpc) is 3.24. The SMILES string of the molecule is O=C(NCC(O)c1ccc(F)cc1)NC1CCN(C2CCCC2)C1. The van der Waals surface area contributed by atoms with Gasteiger partial charge in [-0.1, -0.05) is 25.0 Å². The van der Waals surface area contributed by atoms with Gasteiger partial charge in [0.1, 0.15) is 5.82 Å². The maximum Gasteiger partial charge on any atom is 0.315 e. The van der Waals surface area contributed by atoms with Crippen molar-refractivity contribution in [2.24, 2.45) is 0 Å². The van der Waals surface area contributed by atoms with Gasteiger partial charge in [-0.05, 0) is 37.0 Å². The van der Waals surface area contributed by atoms with Crippen molar-refractivity contribution in [3.05, 3.63) is 35.6 Å². The minimum absolute atomic E-state index is 0.108. The molecular formula is C18H26FN3O2. The van der Waals surface area contributed by atoms with E-state index in [1.807, 2.05) is 0 Å². The molecule has 1 aliphatic heterocycles. The van der Waals surface area contributed by atoms with E-state index in [2.05, 4.69) is 15.5 Å². The maximum atomic E-state index is 12.9. The molecule has 0 radical (unpaired) electrons. The first-order chi connectivity index (χ1) is 11.6. The van der Waals surface area contributed by atoms with E-state index in [0.29, 0.717) is 11.6 Å². The van der Waals surface area contributed by atoms with Crippen molar-refractivity contribution < 1.29 is 14.3 Å². The number of rotatable bonds is 5. The second-order valence-corrected chi connectivity index (χ2v) is 6.84. The van der Waals surface area contributed by atoms with Crippen LogP contribution in [0.5, 0.6) is 0 Å². The molecule has 2 amide bonds. The Kier molecular flexibility index (Phi) is 5.68. The van der Waals surface area contributed by atoms with E-state index in [0.717, 1.165) is 19.5 Å².